The van der Waals surface area contributed by atoms with E-state index in [1.165, 1.54) is 11.3 Å². The normalized spacial score (nSPS) is 11.5. The minimum atomic E-state index is -0.187. The number of nitrogens with zero attached hydrogens (tertiary/aromatic N) is 3. The maximum Gasteiger partial charge on any atom is 0.295 e. The standard InChI is InChI=1S/C25H29N3O3S/c1-5-27(6-2)14-15-28(25-26-22-17(4)10-8-13-21(22)32-25)24(29)20-16-18-11-9-12-19(30-7-3)23(18)31-20/h8-13,16H,5-7,14-15H2,1-4H3. The highest BCUT2D eigenvalue weighted by atomic mass is 32.1. The van der Waals surface area contributed by atoms with E-state index in [0.717, 1.165) is 40.8 Å². The lowest BCUT2D eigenvalue weighted by Crippen LogP contribution is -2.38. The number of likely N-dealkylation sites (N-methyl/N-ethyl adjacent to an activating group) is 1. The van der Waals surface area contributed by atoms with Crippen LogP contribution < -0.4 is 9.64 Å². The molecule has 0 spiro atoms. The number of aryl methyl sites for hydroxylation is 1. The minimum Gasteiger partial charge on any atom is -0.490 e. The van der Waals surface area contributed by atoms with Crippen molar-refractivity contribution in [2.24, 2.45) is 0 Å². The Bertz CT molecular complexity index is 1230. The van der Waals surface area contributed by atoms with Crippen LogP contribution in [0.3, 0.4) is 0 Å². The number of thiazole rings is 1. The van der Waals surface area contributed by atoms with Crippen LogP contribution in [0.25, 0.3) is 21.2 Å². The molecule has 32 heavy (non-hydrogen) atoms. The van der Waals surface area contributed by atoms with Crippen LogP contribution in [0.4, 0.5) is 5.13 Å². The molecule has 4 aromatic rings. The molecule has 2 aromatic heterocycles. The first-order valence-electron chi connectivity index (χ1n) is 11.1. The predicted molar refractivity (Wildman–Crippen MR) is 131 cm³/mol. The molecule has 0 aliphatic rings. The maximum absolute atomic E-state index is 13.7. The van der Waals surface area contributed by atoms with Crippen LogP contribution in [0.1, 0.15) is 36.9 Å². The molecule has 7 heteroatoms. The number of hydrogen-bond donors (Lipinski definition) is 0. The second-order valence-corrected chi connectivity index (χ2v) is 8.63. The molecule has 0 N–H and O–H groups in total. The third kappa shape index (κ3) is 4.36. The van der Waals surface area contributed by atoms with Crippen molar-refractivity contribution in [1.29, 1.82) is 0 Å². The van der Waals surface area contributed by atoms with Gasteiger partial charge in [-0.1, -0.05) is 49.4 Å². The van der Waals surface area contributed by atoms with E-state index < -0.39 is 0 Å². The number of furan rings is 1. The molecular formula is C25H29N3O3S. The highest BCUT2D eigenvalue weighted by molar-refractivity contribution is 7.22. The molecule has 0 saturated heterocycles. The fourth-order valence-electron chi connectivity index (χ4n) is 3.80. The highest BCUT2D eigenvalue weighted by Gasteiger charge is 2.25. The molecule has 0 aliphatic heterocycles. The molecule has 0 atom stereocenters. The van der Waals surface area contributed by atoms with Gasteiger partial charge in [0.15, 0.2) is 22.2 Å². The van der Waals surface area contributed by atoms with Crippen molar-refractivity contribution < 1.29 is 13.9 Å². The van der Waals surface area contributed by atoms with Crippen LogP contribution in [0.5, 0.6) is 5.75 Å². The summed E-state index contributed by atoms with van der Waals surface area (Å²) in [5.41, 5.74) is 2.64. The highest BCUT2D eigenvalue weighted by Crippen LogP contribution is 2.33. The van der Waals surface area contributed by atoms with Crippen LogP contribution >= 0.6 is 11.3 Å². The maximum atomic E-state index is 13.7. The van der Waals surface area contributed by atoms with Gasteiger partial charge in [-0.2, -0.15) is 0 Å². The Labute approximate surface area is 192 Å². The SMILES string of the molecule is CCOc1cccc2cc(C(=O)N(CCN(CC)CC)c3nc4c(C)cccc4s3)oc12. The van der Waals surface area contributed by atoms with Gasteiger partial charge in [0, 0.05) is 18.5 Å². The van der Waals surface area contributed by atoms with Crippen LogP contribution in [0, 0.1) is 6.92 Å². The summed E-state index contributed by atoms with van der Waals surface area (Å²) in [6.45, 7) is 11.9. The molecule has 1 amide bonds. The average Bonchev–Trinajstić information content (AvgIpc) is 3.42. The summed E-state index contributed by atoms with van der Waals surface area (Å²) in [6.07, 6.45) is 0. The molecule has 0 saturated carbocycles. The van der Waals surface area contributed by atoms with Crippen molar-refractivity contribution in [3.8, 4) is 5.75 Å². The number of rotatable bonds is 9. The number of anilines is 1. The van der Waals surface area contributed by atoms with E-state index in [9.17, 15) is 4.79 Å². The van der Waals surface area contributed by atoms with Crippen molar-refractivity contribution in [3.63, 3.8) is 0 Å². The monoisotopic (exact) mass is 451 g/mol. The molecule has 0 fully saturated rings. The van der Waals surface area contributed by atoms with Crippen LogP contribution in [0.2, 0.25) is 0 Å². The Morgan fingerprint density at radius 2 is 1.88 bits per heavy atom. The van der Waals surface area contributed by atoms with Crippen LogP contribution in [0.15, 0.2) is 46.9 Å². The Balaban J connectivity index is 1.73. The smallest absolute Gasteiger partial charge is 0.295 e. The van der Waals surface area contributed by atoms with Gasteiger partial charge in [0.05, 0.1) is 16.8 Å². The average molecular weight is 452 g/mol. The Morgan fingerprint density at radius 1 is 1.09 bits per heavy atom. The zero-order valence-electron chi connectivity index (χ0n) is 19.1. The van der Waals surface area contributed by atoms with Gasteiger partial charge < -0.3 is 14.1 Å². The number of aromatic nitrogens is 1. The Morgan fingerprint density at radius 3 is 2.59 bits per heavy atom. The number of hydrogen-bond acceptors (Lipinski definition) is 6. The van der Waals surface area contributed by atoms with Crippen molar-refractivity contribution in [1.82, 2.24) is 9.88 Å². The Kier molecular flexibility index (Phi) is 6.77. The van der Waals surface area contributed by atoms with Crippen molar-refractivity contribution in [2.45, 2.75) is 27.7 Å². The summed E-state index contributed by atoms with van der Waals surface area (Å²) in [4.78, 5) is 22.5. The van der Waals surface area contributed by atoms with Gasteiger partial charge in [0.2, 0.25) is 0 Å². The molecule has 2 aromatic carbocycles. The third-order valence-electron chi connectivity index (χ3n) is 5.64. The second-order valence-electron chi connectivity index (χ2n) is 7.62. The van der Waals surface area contributed by atoms with Gasteiger partial charge in [0.25, 0.3) is 5.91 Å². The number of ether oxygens (including phenoxy) is 1. The van der Waals surface area contributed by atoms with E-state index in [1.807, 2.05) is 50.2 Å². The molecule has 168 valence electrons. The lowest BCUT2D eigenvalue weighted by molar-refractivity contribution is 0.0959. The quantitative estimate of drug-likeness (QED) is 0.325. The summed E-state index contributed by atoms with van der Waals surface area (Å²) in [7, 11) is 0. The summed E-state index contributed by atoms with van der Waals surface area (Å²) in [6, 6.07) is 13.6. The number of fused-ring (bicyclic) bond motifs is 2. The molecule has 0 bridgehead atoms. The fourth-order valence-corrected chi connectivity index (χ4v) is 4.87. The summed E-state index contributed by atoms with van der Waals surface area (Å²) in [5.74, 6) is 0.754. The van der Waals surface area contributed by atoms with Gasteiger partial charge in [0.1, 0.15) is 0 Å². The van der Waals surface area contributed by atoms with E-state index in [1.54, 1.807) is 11.0 Å². The Hall–Kier alpha value is -2.90. The van der Waals surface area contributed by atoms with Gasteiger partial charge in [-0.25, -0.2) is 4.98 Å². The number of carbonyl (C=O) groups is 1. The van der Waals surface area contributed by atoms with Gasteiger partial charge >= 0.3 is 0 Å². The van der Waals surface area contributed by atoms with E-state index in [0.29, 0.717) is 35.4 Å². The molecule has 4 rings (SSSR count). The molecule has 6 nitrogen and oxygen atoms in total. The van der Waals surface area contributed by atoms with Gasteiger partial charge in [-0.05, 0) is 50.7 Å². The molecular weight excluding hydrogens is 422 g/mol. The lowest BCUT2D eigenvalue weighted by atomic mass is 10.2. The van der Waals surface area contributed by atoms with Gasteiger partial charge in [-0.3, -0.25) is 9.69 Å². The second kappa shape index (κ2) is 9.71. The van der Waals surface area contributed by atoms with Gasteiger partial charge in [-0.15, -0.1) is 0 Å². The van der Waals surface area contributed by atoms with E-state index in [-0.39, 0.29) is 5.91 Å². The first kappa shape index (κ1) is 22.3. The lowest BCUT2D eigenvalue weighted by Gasteiger charge is -2.24. The topological polar surface area (TPSA) is 58.8 Å². The first-order valence-corrected chi connectivity index (χ1v) is 11.9. The number of amides is 1. The van der Waals surface area contributed by atoms with Crippen LogP contribution in [-0.2, 0) is 0 Å². The summed E-state index contributed by atoms with van der Waals surface area (Å²) < 4.78 is 12.8. The summed E-state index contributed by atoms with van der Waals surface area (Å²) in [5, 5.41) is 1.54. The molecule has 2 heterocycles. The zero-order valence-corrected chi connectivity index (χ0v) is 19.9. The summed E-state index contributed by atoms with van der Waals surface area (Å²) >= 11 is 1.54. The predicted octanol–water partition coefficient (Wildman–Crippen LogP) is 5.74. The van der Waals surface area contributed by atoms with E-state index >= 15 is 0 Å². The number of para-hydroxylation sites is 2. The first-order chi connectivity index (χ1) is 15.5. The molecule has 0 unspecified atom stereocenters. The largest absolute Gasteiger partial charge is 0.490 e. The zero-order chi connectivity index (χ0) is 22.7. The van der Waals surface area contributed by atoms with E-state index in [2.05, 4.69) is 18.7 Å². The molecule has 0 aliphatic carbocycles. The van der Waals surface area contributed by atoms with E-state index in [4.69, 9.17) is 14.1 Å². The van der Waals surface area contributed by atoms with Crippen molar-refractivity contribution >= 4 is 43.6 Å². The van der Waals surface area contributed by atoms with Crippen molar-refractivity contribution in [3.05, 3.63) is 53.8 Å². The number of benzene rings is 2. The fraction of sp³-hybridized carbons (Fsp3) is 0.360. The number of carbonyl (C=O) groups excluding carboxylic acids is 1. The van der Waals surface area contributed by atoms with Crippen LogP contribution in [-0.4, -0.2) is 48.6 Å². The third-order valence-corrected chi connectivity index (χ3v) is 6.68. The van der Waals surface area contributed by atoms with Crippen molar-refractivity contribution in [2.75, 3.05) is 37.7 Å². The molecule has 0 radical (unpaired) electrons. The minimum absolute atomic E-state index is 0.187.